The minimum Gasteiger partial charge on any atom is -0.386 e. The molecule has 0 amide bonds. The first-order valence-electron chi connectivity index (χ1n) is 6.24. The van der Waals surface area contributed by atoms with E-state index >= 15 is 0 Å². The number of benzene rings is 1. The molecule has 0 radical (unpaired) electrons. The van der Waals surface area contributed by atoms with Crippen molar-refractivity contribution < 1.29 is 0 Å². The maximum Gasteiger partial charge on any atom is 0.0885 e. The van der Waals surface area contributed by atoms with Crippen molar-refractivity contribution in [3.8, 4) is 0 Å². The molecule has 1 aliphatic rings. The van der Waals surface area contributed by atoms with Crippen molar-refractivity contribution in [2.24, 2.45) is 5.73 Å². The number of nitrogens with two attached hydrogens (primary N) is 1. The normalized spacial score (nSPS) is 12.8. The minimum atomic E-state index is 0.539. The Morgan fingerprint density at radius 3 is 2.61 bits per heavy atom. The molecule has 0 saturated carbocycles. The fourth-order valence-electron chi connectivity index (χ4n) is 1.75. The molecule has 98 valence electrons. The van der Waals surface area contributed by atoms with Gasteiger partial charge in [0.1, 0.15) is 0 Å². The SMILES string of the molecule is C=C(N)NCC.CC1=C(C)Nc2ccccc2C1. The van der Waals surface area contributed by atoms with Crippen molar-refractivity contribution in [3.05, 3.63) is 53.5 Å². The summed E-state index contributed by atoms with van der Waals surface area (Å²) in [4.78, 5) is 0. The summed E-state index contributed by atoms with van der Waals surface area (Å²) in [6, 6.07) is 8.47. The first kappa shape index (κ1) is 14.2. The maximum atomic E-state index is 5.10. The Morgan fingerprint density at radius 2 is 2.06 bits per heavy atom. The summed E-state index contributed by atoms with van der Waals surface area (Å²) in [5.41, 5.74) is 10.5. The molecule has 0 aromatic heterocycles. The molecule has 1 aromatic carbocycles. The molecular weight excluding hydrogens is 222 g/mol. The Balaban J connectivity index is 0.000000232. The molecule has 4 N–H and O–H groups in total. The van der Waals surface area contributed by atoms with Gasteiger partial charge in [0.2, 0.25) is 0 Å². The van der Waals surface area contributed by atoms with Gasteiger partial charge in [-0.15, -0.1) is 0 Å². The number of rotatable bonds is 2. The molecule has 0 unspecified atom stereocenters. The van der Waals surface area contributed by atoms with E-state index in [2.05, 4.69) is 55.3 Å². The van der Waals surface area contributed by atoms with Crippen LogP contribution in [-0.4, -0.2) is 6.54 Å². The van der Waals surface area contributed by atoms with Crippen molar-refractivity contribution in [2.45, 2.75) is 27.2 Å². The zero-order valence-electron chi connectivity index (χ0n) is 11.5. The van der Waals surface area contributed by atoms with Gasteiger partial charge in [0, 0.05) is 17.9 Å². The molecule has 0 atom stereocenters. The molecule has 0 aliphatic carbocycles. The highest BCUT2D eigenvalue weighted by Crippen LogP contribution is 2.26. The molecule has 0 bridgehead atoms. The third-order valence-corrected chi connectivity index (χ3v) is 2.84. The van der Waals surface area contributed by atoms with E-state index in [1.54, 1.807) is 0 Å². The average Bonchev–Trinajstić information content (AvgIpc) is 2.31. The van der Waals surface area contributed by atoms with Crippen molar-refractivity contribution in [3.63, 3.8) is 0 Å². The van der Waals surface area contributed by atoms with Gasteiger partial charge in [0.25, 0.3) is 0 Å². The van der Waals surface area contributed by atoms with Crippen LogP contribution in [0.5, 0.6) is 0 Å². The van der Waals surface area contributed by atoms with Crippen LogP contribution in [0.2, 0.25) is 0 Å². The lowest BCUT2D eigenvalue weighted by Crippen LogP contribution is -2.17. The van der Waals surface area contributed by atoms with Gasteiger partial charge in [-0.25, -0.2) is 0 Å². The smallest absolute Gasteiger partial charge is 0.0885 e. The predicted molar refractivity (Wildman–Crippen MR) is 79.1 cm³/mol. The minimum absolute atomic E-state index is 0.539. The first-order valence-corrected chi connectivity index (χ1v) is 6.24. The van der Waals surface area contributed by atoms with Gasteiger partial charge >= 0.3 is 0 Å². The van der Waals surface area contributed by atoms with E-state index in [0.717, 1.165) is 13.0 Å². The monoisotopic (exact) mass is 245 g/mol. The number of hydrogen-bond donors (Lipinski definition) is 3. The third-order valence-electron chi connectivity index (χ3n) is 2.84. The third kappa shape index (κ3) is 4.17. The van der Waals surface area contributed by atoms with Crippen LogP contribution in [0.1, 0.15) is 26.3 Å². The highest BCUT2D eigenvalue weighted by Gasteiger charge is 2.09. The second kappa shape index (κ2) is 6.74. The molecule has 3 nitrogen and oxygen atoms in total. The number of fused-ring (bicyclic) bond motifs is 1. The van der Waals surface area contributed by atoms with Crippen LogP contribution in [0, 0.1) is 0 Å². The van der Waals surface area contributed by atoms with E-state index in [-0.39, 0.29) is 0 Å². The zero-order valence-corrected chi connectivity index (χ0v) is 11.5. The van der Waals surface area contributed by atoms with Crippen LogP contribution < -0.4 is 16.4 Å². The topological polar surface area (TPSA) is 50.1 Å². The van der Waals surface area contributed by atoms with Crippen molar-refractivity contribution >= 4 is 5.69 Å². The Kier molecular flexibility index (Phi) is 5.31. The zero-order chi connectivity index (χ0) is 13.5. The van der Waals surface area contributed by atoms with Gasteiger partial charge < -0.3 is 16.4 Å². The lowest BCUT2D eigenvalue weighted by atomic mass is 9.99. The van der Waals surface area contributed by atoms with Crippen LogP contribution in [0.15, 0.2) is 47.9 Å². The van der Waals surface area contributed by atoms with Crippen molar-refractivity contribution in [2.75, 3.05) is 11.9 Å². The summed E-state index contributed by atoms with van der Waals surface area (Å²) in [5, 5.41) is 6.18. The second-order valence-electron chi connectivity index (χ2n) is 4.42. The largest absolute Gasteiger partial charge is 0.386 e. The molecule has 0 spiro atoms. The van der Waals surface area contributed by atoms with Gasteiger partial charge in [-0.3, -0.25) is 0 Å². The Hall–Kier alpha value is -1.90. The molecule has 1 heterocycles. The van der Waals surface area contributed by atoms with E-state index in [1.165, 1.54) is 22.5 Å². The van der Waals surface area contributed by atoms with E-state index < -0.39 is 0 Å². The lowest BCUT2D eigenvalue weighted by Gasteiger charge is -2.20. The number of anilines is 1. The molecule has 3 heteroatoms. The van der Waals surface area contributed by atoms with E-state index in [0.29, 0.717) is 5.82 Å². The molecule has 2 rings (SSSR count). The highest BCUT2D eigenvalue weighted by molar-refractivity contribution is 5.59. The first-order chi connectivity index (χ1) is 8.54. The van der Waals surface area contributed by atoms with Gasteiger partial charge in [-0.1, -0.05) is 24.8 Å². The summed E-state index contributed by atoms with van der Waals surface area (Å²) in [6.45, 7) is 10.5. The van der Waals surface area contributed by atoms with E-state index in [4.69, 9.17) is 5.73 Å². The second-order valence-corrected chi connectivity index (χ2v) is 4.42. The summed E-state index contributed by atoms with van der Waals surface area (Å²) in [7, 11) is 0. The van der Waals surface area contributed by atoms with Gasteiger partial charge in [0.15, 0.2) is 0 Å². The lowest BCUT2D eigenvalue weighted by molar-refractivity contribution is 0.845. The predicted octanol–water partition coefficient (Wildman–Crippen LogP) is 2.97. The molecule has 1 aromatic rings. The number of para-hydroxylation sites is 1. The Bertz CT molecular complexity index is 414. The van der Waals surface area contributed by atoms with E-state index in [9.17, 15) is 0 Å². The van der Waals surface area contributed by atoms with Crippen LogP contribution in [-0.2, 0) is 6.42 Å². The summed E-state index contributed by atoms with van der Waals surface area (Å²) in [6.07, 6.45) is 1.09. The van der Waals surface area contributed by atoms with Crippen LogP contribution >= 0.6 is 0 Å². The quantitative estimate of drug-likeness (QED) is 0.751. The maximum absolute atomic E-state index is 5.10. The van der Waals surface area contributed by atoms with Crippen LogP contribution in [0.4, 0.5) is 5.69 Å². The molecule has 18 heavy (non-hydrogen) atoms. The van der Waals surface area contributed by atoms with Crippen molar-refractivity contribution in [1.29, 1.82) is 0 Å². The standard InChI is InChI=1S/C11H13N.C4H10N2/c1-8-7-10-5-3-4-6-11(10)12-9(8)2;1-3-6-4(2)5/h3-6,12H,7H2,1-2H3;6H,2-3,5H2,1H3. The Labute approximate surface area is 110 Å². The molecule has 0 fully saturated rings. The summed E-state index contributed by atoms with van der Waals surface area (Å²) < 4.78 is 0. The van der Waals surface area contributed by atoms with Gasteiger partial charge in [0.05, 0.1) is 5.82 Å². The molecule has 1 aliphatic heterocycles. The number of allylic oxidation sites excluding steroid dienone is 2. The van der Waals surface area contributed by atoms with Gasteiger partial charge in [-0.05, 0) is 44.4 Å². The fourth-order valence-corrected chi connectivity index (χ4v) is 1.75. The summed E-state index contributed by atoms with van der Waals surface area (Å²) in [5.74, 6) is 0.539. The average molecular weight is 245 g/mol. The number of hydrogen-bond acceptors (Lipinski definition) is 3. The molecular formula is C15H23N3. The fraction of sp³-hybridized carbons (Fsp3) is 0.333. The van der Waals surface area contributed by atoms with Crippen LogP contribution in [0.25, 0.3) is 0 Å². The summed E-state index contributed by atoms with van der Waals surface area (Å²) >= 11 is 0. The van der Waals surface area contributed by atoms with E-state index in [1.807, 2.05) is 6.92 Å². The Morgan fingerprint density at radius 1 is 1.39 bits per heavy atom. The number of nitrogens with one attached hydrogen (secondary N) is 2. The van der Waals surface area contributed by atoms with Gasteiger partial charge in [-0.2, -0.15) is 0 Å². The highest BCUT2D eigenvalue weighted by atomic mass is 15.0. The van der Waals surface area contributed by atoms with Crippen molar-refractivity contribution in [1.82, 2.24) is 5.32 Å². The molecule has 0 saturated heterocycles. The van der Waals surface area contributed by atoms with Crippen LogP contribution in [0.3, 0.4) is 0 Å².